The fraction of sp³-hybridized carbons (Fsp3) is 0.125. The lowest BCUT2D eigenvalue weighted by Crippen LogP contribution is -2.43. The maximum Gasteiger partial charge on any atom is 0.269 e. The van der Waals surface area contributed by atoms with Crippen molar-refractivity contribution in [2.24, 2.45) is 0 Å². The molecule has 0 aliphatic rings. The first-order chi connectivity index (χ1) is 10.5. The van der Waals surface area contributed by atoms with Crippen molar-refractivity contribution in [1.29, 1.82) is 0 Å². The second-order valence-corrected chi connectivity index (χ2v) is 5.22. The first-order valence-electron chi connectivity index (χ1n) is 6.66. The van der Waals surface area contributed by atoms with Gasteiger partial charge in [0.05, 0.1) is 5.69 Å². The molecular formula is C16H16FN3OS. The van der Waals surface area contributed by atoms with Crippen molar-refractivity contribution in [3.8, 4) is 0 Å². The second kappa shape index (κ2) is 7.00. The maximum absolute atomic E-state index is 13.5. The van der Waals surface area contributed by atoms with Crippen LogP contribution in [0.25, 0.3) is 0 Å². The van der Waals surface area contributed by atoms with Crippen LogP contribution in [0.3, 0.4) is 0 Å². The number of benzene rings is 2. The third kappa shape index (κ3) is 4.02. The first kappa shape index (κ1) is 15.9. The molecular weight excluding hydrogens is 301 g/mol. The van der Waals surface area contributed by atoms with Crippen LogP contribution in [-0.4, -0.2) is 11.0 Å². The Kier molecular flexibility index (Phi) is 5.06. The Morgan fingerprint density at radius 2 is 1.77 bits per heavy atom. The van der Waals surface area contributed by atoms with Gasteiger partial charge in [-0.1, -0.05) is 18.2 Å². The molecule has 2 rings (SSSR count). The number of hydrogen-bond acceptors (Lipinski definition) is 2. The van der Waals surface area contributed by atoms with E-state index in [0.29, 0.717) is 5.56 Å². The van der Waals surface area contributed by atoms with Gasteiger partial charge in [-0.3, -0.25) is 15.6 Å². The number of hydrazine groups is 1. The van der Waals surface area contributed by atoms with Crippen LogP contribution in [0.4, 0.5) is 10.1 Å². The monoisotopic (exact) mass is 317 g/mol. The van der Waals surface area contributed by atoms with Gasteiger partial charge in [0.1, 0.15) is 5.82 Å². The largest absolute Gasteiger partial charge is 0.329 e. The molecule has 1 amide bonds. The van der Waals surface area contributed by atoms with Crippen molar-refractivity contribution in [2.45, 2.75) is 13.8 Å². The molecule has 0 spiro atoms. The van der Waals surface area contributed by atoms with Gasteiger partial charge >= 0.3 is 0 Å². The van der Waals surface area contributed by atoms with E-state index in [1.54, 1.807) is 30.3 Å². The highest BCUT2D eigenvalue weighted by Crippen LogP contribution is 2.12. The van der Waals surface area contributed by atoms with Crippen LogP contribution in [0.15, 0.2) is 42.5 Å². The number of para-hydroxylation sites is 1. The van der Waals surface area contributed by atoms with E-state index in [0.717, 1.165) is 11.1 Å². The third-order valence-corrected chi connectivity index (χ3v) is 3.38. The Hall–Kier alpha value is -2.47. The van der Waals surface area contributed by atoms with E-state index in [4.69, 9.17) is 12.2 Å². The number of aryl methyl sites for hydroxylation is 2. The lowest BCUT2D eigenvalue weighted by molar-refractivity contribution is 0.0944. The van der Waals surface area contributed by atoms with Crippen LogP contribution in [0.5, 0.6) is 0 Å². The quantitative estimate of drug-likeness (QED) is 0.588. The molecule has 0 radical (unpaired) electrons. The SMILES string of the molecule is Cc1ccc(C(=O)NNC(=S)Nc2ccccc2F)cc1C. The highest BCUT2D eigenvalue weighted by molar-refractivity contribution is 7.80. The van der Waals surface area contributed by atoms with Crippen LogP contribution in [0, 0.1) is 19.7 Å². The van der Waals surface area contributed by atoms with Crippen LogP contribution in [-0.2, 0) is 0 Å². The Morgan fingerprint density at radius 3 is 2.45 bits per heavy atom. The average molecular weight is 317 g/mol. The fourth-order valence-corrected chi connectivity index (χ4v) is 1.95. The van der Waals surface area contributed by atoms with E-state index in [2.05, 4.69) is 16.2 Å². The van der Waals surface area contributed by atoms with E-state index >= 15 is 0 Å². The number of halogens is 1. The number of amides is 1. The number of hydrogen-bond donors (Lipinski definition) is 3. The summed E-state index contributed by atoms with van der Waals surface area (Å²) >= 11 is 5.01. The van der Waals surface area contributed by atoms with Gasteiger partial charge in [-0.15, -0.1) is 0 Å². The summed E-state index contributed by atoms with van der Waals surface area (Å²) in [5, 5.41) is 2.77. The predicted octanol–water partition coefficient (Wildman–Crippen LogP) is 3.07. The molecule has 0 aliphatic carbocycles. The molecule has 0 atom stereocenters. The third-order valence-electron chi connectivity index (χ3n) is 3.18. The zero-order valence-electron chi connectivity index (χ0n) is 12.2. The number of rotatable bonds is 2. The van der Waals surface area contributed by atoms with E-state index < -0.39 is 5.82 Å². The Labute approximate surface area is 133 Å². The lowest BCUT2D eigenvalue weighted by Gasteiger charge is -2.12. The van der Waals surface area contributed by atoms with Crippen molar-refractivity contribution in [3.63, 3.8) is 0 Å². The summed E-state index contributed by atoms with van der Waals surface area (Å²) < 4.78 is 13.5. The van der Waals surface area contributed by atoms with Gasteiger partial charge in [-0.05, 0) is 61.5 Å². The van der Waals surface area contributed by atoms with Crippen molar-refractivity contribution in [3.05, 3.63) is 65.0 Å². The van der Waals surface area contributed by atoms with E-state index in [-0.39, 0.29) is 16.7 Å². The van der Waals surface area contributed by atoms with E-state index in [9.17, 15) is 9.18 Å². The van der Waals surface area contributed by atoms with Crippen molar-refractivity contribution < 1.29 is 9.18 Å². The van der Waals surface area contributed by atoms with Gasteiger partial charge in [0.2, 0.25) is 0 Å². The normalized spacial score (nSPS) is 9.95. The van der Waals surface area contributed by atoms with Gasteiger partial charge in [0, 0.05) is 5.56 Å². The summed E-state index contributed by atoms with van der Waals surface area (Å²) in [6.07, 6.45) is 0. The smallest absolute Gasteiger partial charge is 0.269 e. The summed E-state index contributed by atoms with van der Waals surface area (Å²) in [6.45, 7) is 3.91. The molecule has 3 N–H and O–H groups in total. The summed E-state index contributed by atoms with van der Waals surface area (Å²) in [6, 6.07) is 11.5. The summed E-state index contributed by atoms with van der Waals surface area (Å²) in [4.78, 5) is 12.0. The number of anilines is 1. The zero-order valence-corrected chi connectivity index (χ0v) is 13.1. The summed E-state index contributed by atoms with van der Waals surface area (Å²) in [5.74, 6) is -0.743. The number of nitrogens with one attached hydrogen (secondary N) is 3. The fourth-order valence-electron chi connectivity index (χ4n) is 1.78. The van der Waals surface area contributed by atoms with Crippen LogP contribution >= 0.6 is 12.2 Å². The van der Waals surface area contributed by atoms with E-state index in [1.165, 1.54) is 6.07 Å². The van der Waals surface area contributed by atoms with Gasteiger partial charge in [0.15, 0.2) is 5.11 Å². The molecule has 0 aromatic heterocycles. The van der Waals surface area contributed by atoms with Crippen molar-refractivity contribution in [2.75, 3.05) is 5.32 Å². The first-order valence-corrected chi connectivity index (χ1v) is 7.07. The Morgan fingerprint density at radius 1 is 1.05 bits per heavy atom. The molecule has 22 heavy (non-hydrogen) atoms. The minimum Gasteiger partial charge on any atom is -0.329 e. The Balaban J connectivity index is 1.92. The minimum absolute atomic E-state index is 0.0993. The standard InChI is InChI=1S/C16H16FN3OS/c1-10-7-8-12(9-11(10)2)15(21)19-20-16(22)18-14-6-4-3-5-13(14)17/h3-9H,1-2H3,(H,19,21)(H2,18,20,22). The molecule has 0 fully saturated rings. The highest BCUT2D eigenvalue weighted by Gasteiger charge is 2.08. The van der Waals surface area contributed by atoms with Gasteiger partial charge in [0.25, 0.3) is 5.91 Å². The zero-order chi connectivity index (χ0) is 16.1. The molecule has 2 aromatic carbocycles. The molecule has 6 heteroatoms. The number of carbonyl (C=O) groups excluding carboxylic acids is 1. The van der Waals surface area contributed by atoms with Crippen molar-refractivity contribution in [1.82, 2.24) is 10.9 Å². The molecule has 0 aliphatic heterocycles. The summed E-state index contributed by atoms with van der Waals surface area (Å²) in [5.41, 5.74) is 7.91. The number of carbonyl (C=O) groups is 1. The topological polar surface area (TPSA) is 53.2 Å². The second-order valence-electron chi connectivity index (χ2n) is 4.81. The van der Waals surface area contributed by atoms with E-state index in [1.807, 2.05) is 19.9 Å². The Bertz CT molecular complexity index is 718. The van der Waals surface area contributed by atoms with Crippen LogP contribution in [0.1, 0.15) is 21.5 Å². The average Bonchev–Trinajstić information content (AvgIpc) is 2.50. The highest BCUT2D eigenvalue weighted by atomic mass is 32.1. The molecule has 0 saturated heterocycles. The van der Waals surface area contributed by atoms with Crippen LogP contribution < -0.4 is 16.2 Å². The molecule has 0 unspecified atom stereocenters. The maximum atomic E-state index is 13.5. The minimum atomic E-state index is -0.424. The lowest BCUT2D eigenvalue weighted by atomic mass is 10.1. The molecule has 2 aromatic rings. The predicted molar refractivity (Wildman–Crippen MR) is 89.1 cm³/mol. The molecule has 114 valence electrons. The molecule has 4 nitrogen and oxygen atoms in total. The van der Waals surface area contributed by atoms with Crippen molar-refractivity contribution >= 4 is 28.9 Å². The van der Waals surface area contributed by atoms with Gasteiger partial charge in [-0.25, -0.2) is 4.39 Å². The number of thiocarbonyl (C=S) groups is 1. The van der Waals surface area contributed by atoms with Crippen LogP contribution in [0.2, 0.25) is 0 Å². The van der Waals surface area contributed by atoms with Gasteiger partial charge < -0.3 is 5.32 Å². The molecule has 0 heterocycles. The summed E-state index contributed by atoms with van der Waals surface area (Å²) in [7, 11) is 0. The molecule has 0 bridgehead atoms. The van der Waals surface area contributed by atoms with Gasteiger partial charge in [-0.2, -0.15) is 0 Å². The molecule has 0 saturated carbocycles.